The second-order valence-corrected chi connectivity index (χ2v) is 2.17. The summed E-state index contributed by atoms with van der Waals surface area (Å²) in [5.41, 5.74) is 2.87. The number of nitrogens with zero attached hydrogens (tertiary/aromatic N) is 2. The molecule has 1 aromatic heterocycles. The molecule has 12 heavy (non-hydrogen) atoms. The Morgan fingerprint density at radius 3 is 2.75 bits per heavy atom. The lowest BCUT2D eigenvalue weighted by molar-refractivity contribution is 0.234. The van der Waals surface area contributed by atoms with Gasteiger partial charge in [0.25, 0.3) is 0 Å². The van der Waals surface area contributed by atoms with Crippen LogP contribution in [0.25, 0.3) is 0 Å². The van der Waals surface area contributed by atoms with Crippen molar-refractivity contribution in [2.24, 2.45) is 4.99 Å². The van der Waals surface area contributed by atoms with Crippen LogP contribution in [0, 0.1) is 0 Å². The van der Waals surface area contributed by atoms with Crippen LogP contribution >= 0.6 is 0 Å². The van der Waals surface area contributed by atoms with Gasteiger partial charge in [-0.05, 0) is 19.1 Å². The molecule has 4 heteroatoms. The molecule has 0 spiro atoms. The van der Waals surface area contributed by atoms with Gasteiger partial charge in [-0.1, -0.05) is 0 Å². The lowest BCUT2D eigenvalue weighted by Crippen LogP contribution is -2.20. The zero-order valence-electron chi connectivity index (χ0n) is 6.86. The van der Waals surface area contributed by atoms with Gasteiger partial charge in [0.15, 0.2) is 5.84 Å². The van der Waals surface area contributed by atoms with Crippen molar-refractivity contribution >= 4 is 5.84 Å². The quantitative estimate of drug-likeness (QED) is 0.387. The maximum Gasteiger partial charge on any atom is 0.152 e. The maximum absolute atomic E-state index is 8.71. The minimum Gasteiger partial charge on any atom is -0.290 e. The van der Waals surface area contributed by atoms with E-state index in [9.17, 15) is 0 Å². The molecular weight excluding hydrogens is 154 g/mol. The van der Waals surface area contributed by atoms with Crippen molar-refractivity contribution in [2.45, 2.75) is 6.92 Å². The molecule has 0 bridgehead atoms. The topological polar surface area (TPSA) is 57.5 Å². The second kappa shape index (κ2) is 4.46. The first-order valence-electron chi connectivity index (χ1n) is 3.73. The molecule has 64 valence electrons. The number of nitrogens with one attached hydrogen (secondary N) is 1. The van der Waals surface area contributed by atoms with Crippen LogP contribution in [0.5, 0.6) is 0 Å². The number of rotatable bonds is 2. The molecule has 0 aliphatic carbocycles. The highest BCUT2D eigenvalue weighted by Crippen LogP contribution is 1.96. The Morgan fingerprint density at radius 1 is 1.58 bits per heavy atom. The highest BCUT2D eigenvalue weighted by Gasteiger charge is 1.98. The Balaban J connectivity index is 2.88. The fourth-order valence-corrected chi connectivity index (χ4v) is 0.859. The summed E-state index contributed by atoms with van der Waals surface area (Å²) in [7, 11) is 0. The summed E-state index contributed by atoms with van der Waals surface area (Å²) in [5, 5.41) is 8.71. The standard InChI is InChI=1S/C8H11N3O/c1-2-10-8(11-12)7-3-5-9-6-4-7/h3-6,12H,2H2,1H3,(H,10,11). The van der Waals surface area contributed by atoms with Crippen LogP contribution in [0.4, 0.5) is 0 Å². The van der Waals surface area contributed by atoms with Crippen molar-refractivity contribution in [3.63, 3.8) is 0 Å². The fraction of sp³-hybridized carbons (Fsp3) is 0.250. The van der Waals surface area contributed by atoms with Gasteiger partial charge in [0.2, 0.25) is 0 Å². The van der Waals surface area contributed by atoms with Crippen LogP contribution in [0.1, 0.15) is 12.5 Å². The van der Waals surface area contributed by atoms with E-state index in [4.69, 9.17) is 5.21 Å². The number of amidine groups is 1. The number of hydroxylamine groups is 1. The number of aromatic nitrogens is 1. The second-order valence-electron chi connectivity index (χ2n) is 2.17. The maximum atomic E-state index is 8.71. The Labute approximate surface area is 70.9 Å². The number of pyridine rings is 1. The van der Waals surface area contributed by atoms with E-state index in [1.165, 1.54) is 0 Å². The smallest absolute Gasteiger partial charge is 0.152 e. The molecule has 4 nitrogen and oxygen atoms in total. The molecule has 0 atom stereocenters. The number of hydrogen-bond donors (Lipinski definition) is 2. The lowest BCUT2D eigenvalue weighted by atomic mass is 10.2. The van der Waals surface area contributed by atoms with Crippen molar-refractivity contribution in [3.8, 4) is 0 Å². The summed E-state index contributed by atoms with van der Waals surface area (Å²) >= 11 is 0. The van der Waals surface area contributed by atoms with Gasteiger partial charge in [-0.3, -0.25) is 20.7 Å². The predicted octanol–water partition coefficient (Wildman–Crippen LogP) is 0.827. The Bertz CT molecular complexity index is 258. The minimum absolute atomic E-state index is 0.472. The van der Waals surface area contributed by atoms with Gasteiger partial charge in [0.1, 0.15) is 0 Å². The van der Waals surface area contributed by atoms with Crippen molar-refractivity contribution in [1.82, 2.24) is 10.5 Å². The van der Waals surface area contributed by atoms with E-state index >= 15 is 0 Å². The zero-order chi connectivity index (χ0) is 8.81. The first-order chi connectivity index (χ1) is 5.88. The van der Waals surface area contributed by atoms with Gasteiger partial charge in [-0.2, -0.15) is 0 Å². The van der Waals surface area contributed by atoms with Gasteiger partial charge >= 0.3 is 0 Å². The van der Waals surface area contributed by atoms with Gasteiger partial charge in [-0.25, -0.2) is 0 Å². The summed E-state index contributed by atoms with van der Waals surface area (Å²) in [6, 6.07) is 3.55. The molecule has 0 saturated heterocycles. The highest BCUT2D eigenvalue weighted by molar-refractivity contribution is 5.97. The third-order valence-electron chi connectivity index (χ3n) is 1.38. The van der Waals surface area contributed by atoms with Gasteiger partial charge in [0, 0.05) is 24.5 Å². The highest BCUT2D eigenvalue weighted by atomic mass is 16.5. The molecule has 1 rings (SSSR count). The lowest BCUT2D eigenvalue weighted by Gasteiger charge is -2.02. The third-order valence-corrected chi connectivity index (χ3v) is 1.38. The minimum atomic E-state index is 0.472. The Kier molecular flexibility index (Phi) is 3.22. The molecule has 0 amide bonds. The fourth-order valence-electron chi connectivity index (χ4n) is 0.859. The van der Waals surface area contributed by atoms with E-state index in [-0.39, 0.29) is 0 Å². The van der Waals surface area contributed by atoms with Crippen LogP contribution in [-0.2, 0) is 0 Å². The molecule has 0 radical (unpaired) electrons. The Morgan fingerprint density at radius 2 is 2.25 bits per heavy atom. The van der Waals surface area contributed by atoms with Crippen LogP contribution < -0.4 is 5.48 Å². The average molecular weight is 165 g/mol. The normalized spacial score (nSPS) is 11.3. The van der Waals surface area contributed by atoms with E-state index < -0.39 is 0 Å². The molecule has 0 saturated carbocycles. The molecule has 2 N–H and O–H groups in total. The first-order valence-corrected chi connectivity index (χ1v) is 3.73. The van der Waals surface area contributed by atoms with Crippen LogP contribution in [0.2, 0.25) is 0 Å². The first kappa shape index (κ1) is 8.67. The average Bonchev–Trinajstić information content (AvgIpc) is 2.15. The van der Waals surface area contributed by atoms with Gasteiger partial charge < -0.3 is 0 Å². The number of aliphatic imine (C=N–C) groups is 1. The summed E-state index contributed by atoms with van der Waals surface area (Å²) in [6.45, 7) is 2.53. The molecule has 1 aromatic rings. The summed E-state index contributed by atoms with van der Waals surface area (Å²) in [6.07, 6.45) is 3.30. The van der Waals surface area contributed by atoms with E-state index in [0.29, 0.717) is 12.4 Å². The van der Waals surface area contributed by atoms with Gasteiger partial charge in [-0.15, -0.1) is 0 Å². The van der Waals surface area contributed by atoms with E-state index in [2.05, 4.69) is 9.98 Å². The molecule has 0 unspecified atom stereocenters. The molecule has 0 aromatic carbocycles. The van der Waals surface area contributed by atoms with Crippen molar-refractivity contribution in [2.75, 3.05) is 6.54 Å². The molecular formula is C8H11N3O. The van der Waals surface area contributed by atoms with Crippen molar-refractivity contribution in [3.05, 3.63) is 30.1 Å². The number of hydrogen-bond acceptors (Lipinski definition) is 3. The van der Waals surface area contributed by atoms with Crippen molar-refractivity contribution < 1.29 is 5.21 Å². The summed E-state index contributed by atoms with van der Waals surface area (Å²) in [5.74, 6) is 0.472. The molecule has 1 heterocycles. The largest absolute Gasteiger partial charge is 0.290 e. The van der Waals surface area contributed by atoms with Crippen LogP contribution in [0.3, 0.4) is 0 Å². The van der Waals surface area contributed by atoms with Crippen molar-refractivity contribution in [1.29, 1.82) is 0 Å². The van der Waals surface area contributed by atoms with E-state index in [1.807, 2.05) is 12.4 Å². The molecule has 0 aliphatic rings. The molecule has 0 fully saturated rings. The van der Waals surface area contributed by atoms with E-state index in [0.717, 1.165) is 5.56 Å². The van der Waals surface area contributed by atoms with Crippen LogP contribution in [-0.4, -0.2) is 22.6 Å². The van der Waals surface area contributed by atoms with E-state index in [1.54, 1.807) is 24.5 Å². The molecule has 0 aliphatic heterocycles. The SMILES string of the molecule is CCN=C(NO)c1ccncc1. The monoisotopic (exact) mass is 165 g/mol. The summed E-state index contributed by atoms with van der Waals surface area (Å²) in [4.78, 5) is 7.90. The van der Waals surface area contributed by atoms with Gasteiger partial charge in [0.05, 0.1) is 0 Å². The summed E-state index contributed by atoms with van der Waals surface area (Å²) < 4.78 is 0. The zero-order valence-corrected chi connectivity index (χ0v) is 6.86. The van der Waals surface area contributed by atoms with Crippen LogP contribution in [0.15, 0.2) is 29.5 Å². The third kappa shape index (κ3) is 2.03. The Hall–Kier alpha value is -1.42. The predicted molar refractivity (Wildman–Crippen MR) is 46.2 cm³/mol.